The van der Waals surface area contributed by atoms with Crippen LogP contribution in [-0.4, -0.2) is 51.7 Å². The molecule has 238 valence electrons. The third kappa shape index (κ3) is 6.74. The first-order valence-electron chi connectivity index (χ1n) is 15.9. The van der Waals surface area contributed by atoms with Gasteiger partial charge in [0.2, 0.25) is 0 Å². The van der Waals surface area contributed by atoms with Crippen LogP contribution in [0.15, 0.2) is 54.6 Å². The van der Waals surface area contributed by atoms with E-state index in [1.54, 1.807) is 15.3 Å². The van der Waals surface area contributed by atoms with Crippen LogP contribution in [0.1, 0.15) is 60.5 Å². The van der Waals surface area contributed by atoms with Crippen LogP contribution in [0.4, 0.5) is 4.39 Å². The number of ether oxygens (including phenoxy) is 2. The monoisotopic (exact) mass is 614 g/mol. The van der Waals surface area contributed by atoms with Crippen LogP contribution >= 0.6 is 0 Å². The number of aromatic carboxylic acids is 1. The van der Waals surface area contributed by atoms with E-state index in [0.717, 1.165) is 47.1 Å². The second-order valence-electron chi connectivity index (χ2n) is 11.3. The van der Waals surface area contributed by atoms with Gasteiger partial charge in [-0.25, -0.2) is 9.18 Å². The van der Waals surface area contributed by atoms with E-state index in [1.807, 2.05) is 56.4 Å². The number of benzene rings is 3. The summed E-state index contributed by atoms with van der Waals surface area (Å²) in [7, 11) is 1.83. The standard InChI is InChI=1S/C32H32FN3O4.C4H11N/c1-20-28-26(34-35(20)2)19-39-17-6-5-16-36-30-24(14-15-25(33)29(28)30)23(31(36)32(37)38)12-8-18-40-27-13-7-10-21-9-3-4-11-22(21)27;1-3-5-4-2/h3-4,7,9-11,13-15H,5-6,8,12,16-19H2,1-2H3,(H,37,38);5H,3-4H2,1-2H3. The van der Waals surface area contributed by atoms with Crippen molar-refractivity contribution < 1.29 is 23.8 Å². The van der Waals surface area contributed by atoms with Crippen molar-refractivity contribution in [2.24, 2.45) is 7.05 Å². The second-order valence-corrected chi connectivity index (χ2v) is 11.3. The third-order valence-electron chi connectivity index (χ3n) is 8.37. The quantitative estimate of drug-likeness (QED) is 0.179. The van der Waals surface area contributed by atoms with Gasteiger partial charge in [-0.1, -0.05) is 50.2 Å². The molecule has 8 nitrogen and oxygen atoms in total. The van der Waals surface area contributed by atoms with E-state index in [9.17, 15) is 9.90 Å². The molecule has 0 bridgehead atoms. The number of hydrogen-bond acceptors (Lipinski definition) is 5. The predicted molar refractivity (Wildman–Crippen MR) is 177 cm³/mol. The molecule has 3 heterocycles. The molecule has 0 fully saturated rings. The van der Waals surface area contributed by atoms with Crippen molar-refractivity contribution in [1.29, 1.82) is 0 Å². The van der Waals surface area contributed by atoms with Crippen LogP contribution in [0, 0.1) is 12.7 Å². The lowest BCUT2D eigenvalue weighted by Gasteiger charge is -2.12. The summed E-state index contributed by atoms with van der Waals surface area (Å²) < 4.78 is 31.3. The topological polar surface area (TPSA) is 90.5 Å². The molecule has 0 atom stereocenters. The highest BCUT2D eigenvalue weighted by Crippen LogP contribution is 2.40. The van der Waals surface area contributed by atoms with Gasteiger partial charge in [0, 0.05) is 47.8 Å². The average Bonchev–Trinajstić information content (AvgIpc) is 3.49. The molecule has 1 aliphatic heterocycles. The number of carbonyl (C=O) groups is 1. The highest BCUT2D eigenvalue weighted by Gasteiger charge is 2.29. The smallest absolute Gasteiger partial charge is 0.352 e. The minimum absolute atomic E-state index is 0.218. The van der Waals surface area contributed by atoms with Crippen molar-refractivity contribution in [2.75, 3.05) is 26.3 Å². The van der Waals surface area contributed by atoms with Crippen LogP contribution in [0.2, 0.25) is 0 Å². The van der Waals surface area contributed by atoms with Gasteiger partial charge in [-0.05, 0) is 74.8 Å². The van der Waals surface area contributed by atoms with E-state index in [0.29, 0.717) is 66.9 Å². The van der Waals surface area contributed by atoms with E-state index in [-0.39, 0.29) is 12.3 Å². The Kier molecular flexibility index (Phi) is 10.5. The van der Waals surface area contributed by atoms with Gasteiger partial charge in [0.15, 0.2) is 0 Å². The number of carboxylic acid groups (broad SMARTS) is 1. The Morgan fingerprint density at radius 2 is 1.82 bits per heavy atom. The van der Waals surface area contributed by atoms with Crippen molar-refractivity contribution in [1.82, 2.24) is 19.7 Å². The first kappa shape index (κ1) is 32.2. The Morgan fingerprint density at radius 1 is 1.04 bits per heavy atom. The second kappa shape index (κ2) is 14.7. The zero-order valence-electron chi connectivity index (χ0n) is 26.7. The maximum atomic E-state index is 15.8. The van der Waals surface area contributed by atoms with Crippen molar-refractivity contribution in [3.05, 3.63) is 83.1 Å². The summed E-state index contributed by atoms with van der Waals surface area (Å²) in [5.41, 5.74) is 4.07. The minimum atomic E-state index is -1.01. The van der Waals surface area contributed by atoms with Crippen LogP contribution in [0.3, 0.4) is 0 Å². The van der Waals surface area contributed by atoms with Gasteiger partial charge in [-0.15, -0.1) is 0 Å². The number of rotatable bonds is 8. The predicted octanol–water partition coefficient (Wildman–Crippen LogP) is 7.28. The first-order chi connectivity index (χ1) is 21.9. The lowest BCUT2D eigenvalue weighted by Crippen LogP contribution is -2.12. The van der Waals surface area contributed by atoms with E-state index >= 15 is 4.39 Å². The largest absolute Gasteiger partial charge is 0.493 e. The summed E-state index contributed by atoms with van der Waals surface area (Å²) in [5.74, 6) is -0.605. The number of nitrogens with one attached hydrogen (secondary N) is 1. The molecule has 1 aliphatic rings. The molecule has 45 heavy (non-hydrogen) atoms. The SMILES string of the molecule is CCNCC.Cc1c2c(nn1C)COCCCCn1c(C(=O)O)c(CCCOc3cccc4ccccc34)c3ccc(F)c-2c31. The fourth-order valence-corrected chi connectivity index (χ4v) is 6.20. The Hall–Kier alpha value is -4.21. The molecule has 2 N–H and O–H groups in total. The molecule has 0 spiro atoms. The molecule has 5 aromatic rings. The van der Waals surface area contributed by atoms with Gasteiger partial charge in [0.25, 0.3) is 0 Å². The van der Waals surface area contributed by atoms with Crippen molar-refractivity contribution in [3.63, 3.8) is 0 Å². The van der Waals surface area contributed by atoms with E-state index in [4.69, 9.17) is 9.47 Å². The molecule has 0 saturated carbocycles. The Morgan fingerprint density at radius 3 is 2.58 bits per heavy atom. The van der Waals surface area contributed by atoms with Gasteiger partial charge in [0.05, 0.1) is 24.4 Å². The van der Waals surface area contributed by atoms with Gasteiger partial charge in [-0.2, -0.15) is 5.10 Å². The van der Waals surface area contributed by atoms with Gasteiger partial charge >= 0.3 is 5.97 Å². The fourth-order valence-electron chi connectivity index (χ4n) is 6.20. The van der Waals surface area contributed by atoms with E-state index in [2.05, 4.69) is 24.3 Å². The summed E-state index contributed by atoms with van der Waals surface area (Å²) in [6.07, 6.45) is 2.58. The number of nitrogens with zero attached hydrogens (tertiary/aromatic N) is 3. The number of carboxylic acids is 1. The minimum Gasteiger partial charge on any atom is -0.493 e. The molecule has 9 heteroatoms. The number of hydrogen-bond donors (Lipinski definition) is 2. The van der Waals surface area contributed by atoms with Crippen LogP contribution < -0.4 is 10.1 Å². The first-order valence-corrected chi connectivity index (χ1v) is 15.9. The average molecular weight is 615 g/mol. The number of aromatic nitrogens is 3. The summed E-state index contributed by atoms with van der Waals surface area (Å²) in [6.45, 7) is 9.98. The highest BCUT2D eigenvalue weighted by molar-refractivity contribution is 6.04. The zero-order valence-corrected chi connectivity index (χ0v) is 26.7. The molecule has 0 saturated heterocycles. The molecule has 0 radical (unpaired) electrons. The molecule has 6 rings (SSSR count). The summed E-state index contributed by atoms with van der Waals surface area (Å²) in [6, 6.07) is 17.2. The van der Waals surface area contributed by atoms with Crippen LogP contribution in [0.25, 0.3) is 32.8 Å². The summed E-state index contributed by atoms with van der Waals surface area (Å²) >= 11 is 0. The van der Waals surface area contributed by atoms with Crippen molar-refractivity contribution >= 4 is 27.6 Å². The summed E-state index contributed by atoms with van der Waals surface area (Å²) in [4.78, 5) is 12.7. The Balaban J connectivity index is 0.000000743. The van der Waals surface area contributed by atoms with Crippen LogP contribution in [-0.2, 0) is 31.4 Å². The van der Waals surface area contributed by atoms with Crippen molar-refractivity contribution in [3.8, 4) is 16.9 Å². The Bertz CT molecular complexity index is 1780. The summed E-state index contributed by atoms with van der Waals surface area (Å²) in [5, 5.41) is 21.1. The third-order valence-corrected chi connectivity index (χ3v) is 8.37. The van der Waals surface area contributed by atoms with Crippen LogP contribution in [0.5, 0.6) is 5.75 Å². The zero-order chi connectivity index (χ0) is 31.9. The molecule has 0 aliphatic carbocycles. The molecule has 0 amide bonds. The van der Waals surface area contributed by atoms with Gasteiger partial charge in [0.1, 0.15) is 17.3 Å². The highest BCUT2D eigenvalue weighted by atomic mass is 19.1. The van der Waals surface area contributed by atoms with Crippen molar-refractivity contribution in [2.45, 2.75) is 59.6 Å². The molecular weight excluding hydrogens is 571 g/mol. The van der Waals surface area contributed by atoms with Gasteiger partial charge < -0.3 is 24.5 Å². The molecule has 2 aromatic heterocycles. The number of halogens is 1. The number of aryl methyl sites for hydroxylation is 3. The van der Waals surface area contributed by atoms with E-state index < -0.39 is 11.8 Å². The normalized spacial score (nSPS) is 13.2. The van der Waals surface area contributed by atoms with Gasteiger partial charge in [-0.3, -0.25) is 4.68 Å². The lowest BCUT2D eigenvalue weighted by atomic mass is 9.97. The fraction of sp³-hybridized carbons (Fsp3) is 0.389. The maximum absolute atomic E-state index is 15.8. The molecular formula is C36H43FN4O4. The Labute approximate surface area is 263 Å². The maximum Gasteiger partial charge on any atom is 0.352 e. The number of fused-ring (bicyclic) bond motifs is 3. The molecule has 0 unspecified atom stereocenters. The lowest BCUT2D eigenvalue weighted by molar-refractivity contribution is 0.0683. The van der Waals surface area contributed by atoms with E-state index in [1.165, 1.54) is 6.07 Å². The molecule has 3 aromatic carbocycles.